The molecular formula is C20H25Cl2F3N2O. The maximum atomic E-state index is 12.4. The first-order chi connectivity index (χ1) is 12.5. The van der Waals surface area contributed by atoms with Gasteiger partial charge < -0.3 is 10.1 Å². The zero-order valence-corrected chi connectivity index (χ0v) is 17.2. The highest BCUT2D eigenvalue weighted by Crippen LogP contribution is 2.31. The van der Waals surface area contributed by atoms with Crippen molar-refractivity contribution in [2.75, 3.05) is 26.2 Å². The third kappa shape index (κ3) is 6.55. The minimum Gasteiger partial charge on any atom is -0.406 e. The molecule has 156 valence electrons. The van der Waals surface area contributed by atoms with Crippen LogP contribution in [0.25, 0.3) is 0 Å². The molecule has 0 aliphatic carbocycles. The molecule has 1 fully saturated rings. The Bertz CT molecular complexity index is 703. The van der Waals surface area contributed by atoms with Crippen LogP contribution < -0.4 is 10.1 Å². The van der Waals surface area contributed by atoms with Gasteiger partial charge in [-0.15, -0.1) is 38.0 Å². The predicted octanol–water partition coefficient (Wildman–Crippen LogP) is 4.99. The molecule has 1 aliphatic heterocycles. The first-order valence-electron chi connectivity index (χ1n) is 8.85. The van der Waals surface area contributed by atoms with Gasteiger partial charge in [0.1, 0.15) is 5.75 Å². The number of halogens is 5. The van der Waals surface area contributed by atoms with Crippen molar-refractivity contribution >= 4 is 24.8 Å². The molecule has 1 heterocycles. The highest BCUT2D eigenvalue weighted by Gasteiger charge is 2.31. The lowest BCUT2D eigenvalue weighted by molar-refractivity contribution is -0.274. The average molecular weight is 437 g/mol. The summed E-state index contributed by atoms with van der Waals surface area (Å²) in [6, 6.07) is 14.7. The number of hydrogen-bond acceptors (Lipinski definition) is 3. The summed E-state index contributed by atoms with van der Waals surface area (Å²) in [4.78, 5) is 2.36. The van der Waals surface area contributed by atoms with E-state index in [1.54, 1.807) is 12.1 Å². The van der Waals surface area contributed by atoms with Crippen LogP contribution in [0.2, 0.25) is 0 Å². The van der Waals surface area contributed by atoms with Crippen molar-refractivity contribution in [3.8, 4) is 5.75 Å². The molecule has 0 spiro atoms. The molecule has 28 heavy (non-hydrogen) atoms. The van der Waals surface area contributed by atoms with E-state index in [1.165, 1.54) is 17.7 Å². The summed E-state index contributed by atoms with van der Waals surface area (Å²) in [5.74, 6) is -0.193. The molecule has 0 unspecified atom stereocenters. The Hall–Kier alpha value is -1.47. The predicted molar refractivity (Wildman–Crippen MR) is 110 cm³/mol. The molecule has 8 heteroatoms. The van der Waals surface area contributed by atoms with E-state index in [2.05, 4.69) is 46.1 Å². The molecule has 0 amide bonds. The van der Waals surface area contributed by atoms with Crippen LogP contribution in [0.5, 0.6) is 5.75 Å². The van der Waals surface area contributed by atoms with Gasteiger partial charge in [-0.2, -0.15) is 0 Å². The Kier molecular flexibility index (Phi) is 9.57. The summed E-state index contributed by atoms with van der Waals surface area (Å²) in [5, 5.41) is 3.34. The van der Waals surface area contributed by atoms with Crippen molar-refractivity contribution in [1.82, 2.24) is 10.2 Å². The van der Waals surface area contributed by atoms with Crippen LogP contribution in [-0.2, 0) is 6.42 Å². The molecule has 3 nitrogen and oxygen atoms in total. The molecular weight excluding hydrogens is 412 g/mol. The molecule has 3 rings (SSSR count). The van der Waals surface area contributed by atoms with Crippen LogP contribution in [0.1, 0.15) is 29.7 Å². The Morgan fingerprint density at radius 2 is 1.43 bits per heavy atom. The van der Waals surface area contributed by atoms with E-state index in [4.69, 9.17) is 0 Å². The van der Waals surface area contributed by atoms with Gasteiger partial charge in [-0.25, -0.2) is 0 Å². The minimum atomic E-state index is -4.67. The van der Waals surface area contributed by atoms with Crippen LogP contribution in [0, 0.1) is 0 Å². The van der Waals surface area contributed by atoms with Gasteiger partial charge >= 0.3 is 6.36 Å². The molecule has 0 aromatic heterocycles. The Morgan fingerprint density at radius 1 is 0.929 bits per heavy atom. The van der Waals surface area contributed by atoms with Crippen LogP contribution >= 0.6 is 24.8 Å². The van der Waals surface area contributed by atoms with Gasteiger partial charge in [0, 0.05) is 26.2 Å². The van der Waals surface area contributed by atoms with Crippen LogP contribution in [0.15, 0.2) is 48.5 Å². The van der Waals surface area contributed by atoms with Gasteiger partial charge in [-0.3, -0.25) is 4.90 Å². The quantitative estimate of drug-likeness (QED) is 0.714. The average Bonchev–Trinajstić information content (AvgIpc) is 2.64. The lowest BCUT2D eigenvalue weighted by atomic mass is 9.95. The van der Waals surface area contributed by atoms with Gasteiger partial charge in [0.2, 0.25) is 0 Å². The lowest BCUT2D eigenvalue weighted by Crippen LogP contribution is -2.45. The third-order valence-corrected chi connectivity index (χ3v) is 4.65. The van der Waals surface area contributed by atoms with Gasteiger partial charge in [0.15, 0.2) is 0 Å². The molecule has 1 saturated heterocycles. The minimum absolute atomic E-state index is 0. The van der Waals surface area contributed by atoms with Crippen molar-refractivity contribution < 1.29 is 17.9 Å². The number of aryl methyl sites for hydroxylation is 1. The number of benzene rings is 2. The van der Waals surface area contributed by atoms with Crippen LogP contribution in [-0.4, -0.2) is 37.4 Å². The number of rotatable bonds is 5. The largest absolute Gasteiger partial charge is 0.573 e. The molecule has 0 radical (unpaired) electrons. The summed E-state index contributed by atoms with van der Waals surface area (Å²) in [7, 11) is 0. The summed E-state index contributed by atoms with van der Waals surface area (Å²) >= 11 is 0. The second kappa shape index (κ2) is 10.9. The van der Waals surface area contributed by atoms with Gasteiger partial charge in [0.25, 0.3) is 0 Å². The van der Waals surface area contributed by atoms with Crippen LogP contribution in [0.4, 0.5) is 13.2 Å². The fraction of sp³-hybridized carbons (Fsp3) is 0.400. The maximum absolute atomic E-state index is 12.4. The second-order valence-electron chi connectivity index (χ2n) is 6.40. The number of ether oxygens (including phenoxy) is 1. The topological polar surface area (TPSA) is 24.5 Å². The zero-order chi connectivity index (χ0) is 18.6. The van der Waals surface area contributed by atoms with Crippen molar-refractivity contribution in [1.29, 1.82) is 0 Å². The Labute approximate surface area is 176 Å². The Balaban J connectivity index is 0.00000196. The lowest BCUT2D eigenvalue weighted by Gasteiger charge is -2.35. The number of nitrogens with zero attached hydrogens (tertiary/aromatic N) is 1. The molecule has 1 N–H and O–H groups in total. The van der Waals surface area contributed by atoms with Gasteiger partial charge in [-0.05, 0) is 35.2 Å². The maximum Gasteiger partial charge on any atom is 0.573 e. The third-order valence-electron chi connectivity index (χ3n) is 4.65. The number of piperazine rings is 1. The number of nitrogens with one attached hydrogen (secondary N) is 1. The van der Waals surface area contributed by atoms with E-state index in [0.717, 1.165) is 43.7 Å². The van der Waals surface area contributed by atoms with E-state index >= 15 is 0 Å². The van der Waals surface area contributed by atoms with E-state index in [-0.39, 0.29) is 36.6 Å². The smallest absolute Gasteiger partial charge is 0.406 e. The molecule has 0 bridgehead atoms. The Morgan fingerprint density at radius 3 is 1.89 bits per heavy atom. The van der Waals surface area contributed by atoms with E-state index in [1.807, 2.05) is 0 Å². The summed E-state index contributed by atoms with van der Waals surface area (Å²) in [6.07, 6.45) is -3.70. The summed E-state index contributed by atoms with van der Waals surface area (Å²) in [6.45, 7) is 5.70. The monoisotopic (exact) mass is 436 g/mol. The zero-order valence-electron chi connectivity index (χ0n) is 15.5. The van der Waals surface area contributed by atoms with Crippen molar-refractivity contribution in [3.05, 3.63) is 65.2 Å². The van der Waals surface area contributed by atoms with Crippen molar-refractivity contribution in [2.45, 2.75) is 25.7 Å². The van der Waals surface area contributed by atoms with Crippen molar-refractivity contribution in [3.63, 3.8) is 0 Å². The molecule has 0 saturated carbocycles. The fourth-order valence-corrected chi connectivity index (χ4v) is 3.34. The summed E-state index contributed by atoms with van der Waals surface area (Å²) in [5.41, 5.74) is 3.38. The van der Waals surface area contributed by atoms with Crippen molar-refractivity contribution in [2.24, 2.45) is 0 Å². The SMILES string of the molecule is CCc1ccc([C@@H](c2ccc(OC(F)(F)F)cc2)N2CCNCC2)cc1.Cl.Cl. The van der Waals surface area contributed by atoms with Crippen LogP contribution in [0.3, 0.4) is 0 Å². The first-order valence-corrected chi connectivity index (χ1v) is 8.85. The molecule has 2 aromatic carbocycles. The van der Waals surface area contributed by atoms with Gasteiger partial charge in [-0.1, -0.05) is 43.3 Å². The fourth-order valence-electron chi connectivity index (χ4n) is 3.34. The highest BCUT2D eigenvalue weighted by molar-refractivity contribution is 5.85. The molecule has 2 aromatic rings. The number of hydrogen-bond donors (Lipinski definition) is 1. The van der Waals surface area contributed by atoms with Gasteiger partial charge in [0.05, 0.1) is 6.04 Å². The second-order valence-corrected chi connectivity index (χ2v) is 6.40. The molecule has 1 aliphatic rings. The van der Waals surface area contributed by atoms with E-state index in [0.29, 0.717) is 0 Å². The first kappa shape index (κ1) is 24.6. The standard InChI is InChI=1S/C20H23F3N2O.2ClH/c1-2-15-3-5-16(6-4-15)19(25-13-11-24-12-14-25)17-7-9-18(10-8-17)26-20(21,22)23;;/h3-10,19,24H,2,11-14H2,1H3;2*1H/t19-;;/m0../s1. The van der Waals surface area contributed by atoms with E-state index in [9.17, 15) is 13.2 Å². The van der Waals surface area contributed by atoms with E-state index < -0.39 is 6.36 Å². The molecule has 1 atom stereocenters. The number of alkyl halides is 3. The summed E-state index contributed by atoms with van der Waals surface area (Å²) < 4.78 is 41.2. The normalized spacial score (nSPS) is 15.9. The highest BCUT2D eigenvalue weighted by atomic mass is 35.5.